The molecule has 0 aromatic heterocycles. The van der Waals surface area contributed by atoms with E-state index in [0.29, 0.717) is 18.6 Å². The Labute approximate surface area is 104 Å². The van der Waals surface area contributed by atoms with Crippen molar-refractivity contribution in [3.8, 4) is 0 Å². The largest absolute Gasteiger partial charge is 0.335 e. The highest BCUT2D eigenvalue weighted by Gasteiger charge is 2.19. The molecular weight excluding hydrogens is 288 g/mol. The average Bonchev–Trinajstić information content (AvgIpc) is 2.13. The summed E-state index contributed by atoms with van der Waals surface area (Å²) in [5.41, 5.74) is -0.159. The zero-order valence-corrected chi connectivity index (χ0v) is 11.0. The van der Waals surface area contributed by atoms with Crippen LogP contribution < -0.4 is 4.72 Å². The maximum atomic E-state index is 13.3. The summed E-state index contributed by atoms with van der Waals surface area (Å²) in [6, 6.07) is 2.25. The summed E-state index contributed by atoms with van der Waals surface area (Å²) in [6.45, 7) is 1.65. The van der Waals surface area contributed by atoms with Gasteiger partial charge in [0.05, 0.1) is 11.4 Å². The molecule has 1 aromatic carbocycles. The molecule has 0 saturated carbocycles. The van der Waals surface area contributed by atoms with Gasteiger partial charge in [0, 0.05) is 0 Å². The normalized spacial score (nSPS) is 12.4. The van der Waals surface area contributed by atoms with Crippen LogP contribution in [0.15, 0.2) is 23.1 Å². The van der Waals surface area contributed by atoms with Gasteiger partial charge in [0.15, 0.2) is 0 Å². The van der Waals surface area contributed by atoms with E-state index in [-0.39, 0.29) is 11.4 Å². The summed E-state index contributed by atoms with van der Waals surface area (Å²) < 4.78 is 71.6. The van der Waals surface area contributed by atoms with Crippen LogP contribution in [-0.2, 0) is 20.2 Å². The van der Waals surface area contributed by atoms with E-state index in [0.717, 1.165) is 6.07 Å². The van der Waals surface area contributed by atoms with Crippen LogP contribution in [0.5, 0.6) is 0 Å². The lowest BCUT2D eigenvalue weighted by Gasteiger charge is -2.07. The Kier molecular flexibility index (Phi) is 4.28. The van der Waals surface area contributed by atoms with Crippen LogP contribution in [0.4, 0.5) is 14.0 Å². The summed E-state index contributed by atoms with van der Waals surface area (Å²) in [4.78, 5) is -1.12. The Morgan fingerprint density at radius 2 is 1.83 bits per heavy atom. The fourth-order valence-electron chi connectivity index (χ4n) is 1.26. The Bertz CT molecular complexity index is 641. The highest BCUT2D eigenvalue weighted by molar-refractivity contribution is 7.92. The Morgan fingerprint density at radius 1 is 1.22 bits per heavy atom. The number of nitrogens with one attached hydrogen (secondary N) is 1. The number of benzene rings is 1. The van der Waals surface area contributed by atoms with Gasteiger partial charge in [-0.15, -0.1) is 3.89 Å². The molecule has 1 N–H and O–H groups in total. The molecule has 18 heavy (non-hydrogen) atoms. The summed E-state index contributed by atoms with van der Waals surface area (Å²) in [6.07, 6.45) is 0.370. The topological polar surface area (TPSA) is 80.3 Å². The lowest BCUT2D eigenvalue weighted by molar-refractivity contribution is 0.534. The van der Waals surface area contributed by atoms with E-state index in [1.807, 2.05) is 0 Å². The van der Waals surface area contributed by atoms with E-state index in [4.69, 9.17) is 0 Å². The number of sulfonamides is 1. The molecule has 0 amide bonds. The smallest absolute Gasteiger partial charge is 0.283 e. The van der Waals surface area contributed by atoms with Crippen molar-refractivity contribution in [1.82, 2.24) is 0 Å². The molecule has 0 aliphatic carbocycles. The van der Waals surface area contributed by atoms with Crippen molar-refractivity contribution in [2.45, 2.75) is 18.2 Å². The van der Waals surface area contributed by atoms with Gasteiger partial charge in [0.1, 0.15) is 10.7 Å². The summed E-state index contributed by atoms with van der Waals surface area (Å²) in [5.74, 6) is -1.51. The number of hydrogen-bond acceptors (Lipinski definition) is 4. The molecule has 0 aliphatic heterocycles. The van der Waals surface area contributed by atoms with Crippen LogP contribution in [-0.4, -0.2) is 22.6 Å². The summed E-state index contributed by atoms with van der Waals surface area (Å²) >= 11 is 0. The van der Waals surface area contributed by atoms with Gasteiger partial charge in [-0.3, -0.25) is 4.72 Å². The molecule has 0 heterocycles. The number of halogens is 2. The van der Waals surface area contributed by atoms with Crippen LogP contribution in [0.25, 0.3) is 0 Å². The van der Waals surface area contributed by atoms with Crippen molar-refractivity contribution in [3.05, 3.63) is 24.0 Å². The number of rotatable bonds is 5. The minimum atomic E-state index is -5.16. The van der Waals surface area contributed by atoms with Crippen molar-refractivity contribution in [2.24, 2.45) is 0 Å². The molecule has 5 nitrogen and oxygen atoms in total. The molecule has 0 fully saturated rings. The number of anilines is 1. The Balaban J connectivity index is 3.07. The molecule has 9 heteroatoms. The van der Waals surface area contributed by atoms with Gasteiger partial charge in [-0.2, -0.15) is 8.42 Å². The van der Waals surface area contributed by atoms with Gasteiger partial charge in [-0.05, 0) is 24.6 Å². The fraction of sp³-hybridized carbons (Fsp3) is 0.333. The fourth-order valence-corrected chi connectivity index (χ4v) is 2.91. The molecule has 1 aromatic rings. The van der Waals surface area contributed by atoms with Crippen LogP contribution in [0, 0.1) is 5.82 Å². The van der Waals surface area contributed by atoms with Crippen molar-refractivity contribution >= 4 is 25.9 Å². The maximum absolute atomic E-state index is 13.3. The van der Waals surface area contributed by atoms with E-state index in [1.165, 1.54) is 0 Å². The van der Waals surface area contributed by atoms with Crippen molar-refractivity contribution in [3.63, 3.8) is 0 Å². The van der Waals surface area contributed by atoms with Gasteiger partial charge in [0.2, 0.25) is 10.0 Å². The third-order valence-electron chi connectivity index (χ3n) is 1.94. The first kappa shape index (κ1) is 14.8. The molecular formula is C9H11F2NO4S2. The van der Waals surface area contributed by atoms with E-state index in [9.17, 15) is 25.1 Å². The van der Waals surface area contributed by atoms with Gasteiger partial charge < -0.3 is 0 Å². The zero-order chi connectivity index (χ0) is 14.0. The number of hydrogen-bond donors (Lipinski definition) is 1. The zero-order valence-electron chi connectivity index (χ0n) is 9.35. The average molecular weight is 299 g/mol. The first-order valence-electron chi connectivity index (χ1n) is 4.90. The molecule has 0 radical (unpaired) electrons. The van der Waals surface area contributed by atoms with Gasteiger partial charge in [-0.25, -0.2) is 12.8 Å². The van der Waals surface area contributed by atoms with Crippen LogP contribution in [0.2, 0.25) is 0 Å². The maximum Gasteiger partial charge on any atom is 0.335 e. The standard InChI is InChI=1S/C9H11F2NO4S2/c1-2-5-17(13,14)12-7-3-4-9(8(10)6-7)18(11,15)16/h3-4,6,12H,2,5H2,1H3. The monoisotopic (exact) mass is 299 g/mol. The molecule has 0 atom stereocenters. The summed E-state index contributed by atoms with van der Waals surface area (Å²) in [7, 11) is -8.77. The van der Waals surface area contributed by atoms with Crippen molar-refractivity contribution in [1.29, 1.82) is 0 Å². The minimum absolute atomic E-state index is 0.155. The van der Waals surface area contributed by atoms with Crippen LogP contribution in [0.3, 0.4) is 0 Å². The highest BCUT2D eigenvalue weighted by atomic mass is 32.3. The van der Waals surface area contributed by atoms with E-state index >= 15 is 0 Å². The van der Waals surface area contributed by atoms with Crippen LogP contribution >= 0.6 is 0 Å². The molecule has 0 saturated heterocycles. The second-order valence-electron chi connectivity index (χ2n) is 3.50. The first-order valence-corrected chi connectivity index (χ1v) is 7.94. The SMILES string of the molecule is CCCS(=O)(=O)Nc1ccc(S(=O)(=O)F)c(F)c1. The third kappa shape index (κ3) is 3.91. The summed E-state index contributed by atoms with van der Waals surface area (Å²) in [5, 5.41) is 0. The molecule has 0 unspecified atom stereocenters. The quantitative estimate of drug-likeness (QED) is 0.838. The van der Waals surface area contributed by atoms with Gasteiger partial charge in [0.25, 0.3) is 0 Å². The molecule has 0 spiro atoms. The van der Waals surface area contributed by atoms with Crippen LogP contribution in [0.1, 0.15) is 13.3 Å². The van der Waals surface area contributed by atoms with E-state index in [1.54, 1.807) is 6.92 Å². The predicted octanol–water partition coefficient (Wildman–Crippen LogP) is 1.64. The lowest BCUT2D eigenvalue weighted by atomic mass is 10.3. The Morgan fingerprint density at radius 3 is 2.28 bits per heavy atom. The second-order valence-corrected chi connectivity index (χ2v) is 6.66. The van der Waals surface area contributed by atoms with Gasteiger partial charge >= 0.3 is 10.2 Å². The molecule has 1 rings (SSSR count). The Hall–Kier alpha value is -1.22. The van der Waals surface area contributed by atoms with E-state index < -0.39 is 31.0 Å². The lowest BCUT2D eigenvalue weighted by Crippen LogP contribution is -2.16. The minimum Gasteiger partial charge on any atom is -0.283 e. The predicted molar refractivity (Wildman–Crippen MR) is 62.4 cm³/mol. The third-order valence-corrected chi connectivity index (χ3v) is 4.29. The molecule has 0 aliphatic rings. The van der Waals surface area contributed by atoms with Crippen molar-refractivity contribution < 1.29 is 25.1 Å². The molecule has 0 bridgehead atoms. The van der Waals surface area contributed by atoms with Gasteiger partial charge in [-0.1, -0.05) is 6.92 Å². The van der Waals surface area contributed by atoms with E-state index in [2.05, 4.69) is 4.72 Å². The molecule has 102 valence electrons. The highest BCUT2D eigenvalue weighted by Crippen LogP contribution is 2.21. The first-order chi connectivity index (χ1) is 8.15. The second kappa shape index (κ2) is 5.19. The van der Waals surface area contributed by atoms with Crippen molar-refractivity contribution in [2.75, 3.05) is 10.5 Å².